The molecule has 26 heavy (non-hydrogen) atoms. The molecule has 0 saturated carbocycles. The quantitative estimate of drug-likeness (QED) is 0.679. The predicted octanol–water partition coefficient (Wildman–Crippen LogP) is 4.84. The number of thiophene rings is 1. The fourth-order valence-corrected chi connectivity index (χ4v) is 3.42. The van der Waals surface area contributed by atoms with E-state index in [1.165, 1.54) is 16.9 Å². The van der Waals surface area contributed by atoms with Gasteiger partial charge in [0.05, 0.1) is 11.0 Å². The highest BCUT2D eigenvalue weighted by molar-refractivity contribution is 7.12. The van der Waals surface area contributed by atoms with Crippen LogP contribution in [0.5, 0.6) is 5.88 Å². The van der Waals surface area contributed by atoms with Gasteiger partial charge in [-0.1, -0.05) is 35.9 Å². The molecule has 0 spiro atoms. The maximum Gasteiger partial charge on any atom is 0.262 e. The van der Waals surface area contributed by atoms with Gasteiger partial charge in [-0.15, -0.1) is 11.3 Å². The SMILES string of the molecule is Cc1ccc(-c2ccsc2C(=O)NCc2cccnc2OC(C)C)cc1. The average molecular weight is 366 g/mol. The minimum Gasteiger partial charge on any atom is -0.475 e. The summed E-state index contributed by atoms with van der Waals surface area (Å²) in [5, 5.41) is 4.93. The van der Waals surface area contributed by atoms with E-state index in [0.717, 1.165) is 16.7 Å². The first-order valence-electron chi connectivity index (χ1n) is 8.58. The predicted molar refractivity (Wildman–Crippen MR) is 106 cm³/mol. The van der Waals surface area contributed by atoms with Crippen LogP contribution in [0.1, 0.15) is 34.6 Å². The summed E-state index contributed by atoms with van der Waals surface area (Å²) in [6.07, 6.45) is 1.72. The molecule has 0 atom stereocenters. The van der Waals surface area contributed by atoms with Gasteiger partial charge in [-0.2, -0.15) is 0 Å². The molecule has 0 aliphatic heterocycles. The van der Waals surface area contributed by atoms with Gasteiger partial charge in [-0.3, -0.25) is 4.79 Å². The van der Waals surface area contributed by atoms with E-state index in [1.54, 1.807) is 6.20 Å². The van der Waals surface area contributed by atoms with E-state index < -0.39 is 0 Å². The highest BCUT2D eigenvalue weighted by atomic mass is 32.1. The third kappa shape index (κ3) is 4.29. The lowest BCUT2D eigenvalue weighted by atomic mass is 10.0. The van der Waals surface area contributed by atoms with Crippen LogP contribution in [0.15, 0.2) is 54.0 Å². The Morgan fingerprint density at radius 1 is 1.19 bits per heavy atom. The lowest BCUT2D eigenvalue weighted by Crippen LogP contribution is -2.23. The van der Waals surface area contributed by atoms with Crippen LogP contribution in [-0.4, -0.2) is 17.0 Å². The second kappa shape index (κ2) is 8.15. The van der Waals surface area contributed by atoms with Crippen molar-refractivity contribution in [1.29, 1.82) is 0 Å². The second-order valence-corrected chi connectivity index (χ2v) is 7.26. The summed E-state index contributed by atoms with van der Waals surface area (Å²) in [6.45, 7) is 6.34. The Morgan fingerprint density at radius 2 is 1.96 bits per heavy atom. The summed E-state index contributed by atoms with van der Waals surface area (Å²) < 4.78 is 5.71. The van der Waals surface area contributed by atoms with E-state index in [9.17, 15) is 4.79 Å². The summed E-state index contributed by atoms with van der Waals surface area (Å²) >= 11 is 1.45. The maximum atomic E-state index is 12.7. The van der Waals surface area contributed by atoms with E-state index in [0.29, 0.717) is 17.3 Å². The molecule has 0 unspecified atom stereocenters. The summed E-state index contributed by atoms with van der Waals surface area (Å²) in [6, 6.07) is 14.0. The van der Waals surface area contributed by atoms with Gasteiger partial charge >= 0.3 is 0 Å². The van der Waals surface area contributed by atoms with Crippen molar-refractivity contribution < 1.29 is 9.53 Å². The van der Waals surface area contributed by atoms with Gasteiger partial charge in [-0.05, 0) is 43.8 Å². The van der Waals surface area contributed by atoms with Crippen molar-refractivity contribution in [2.24, 2.45) is 0 Å². The van der Waals surface area contributed by atoms with Crippen molar-refractivity contribution in [3.05, 3.63) is 70.0 Å². The fourth-order valence-electron chi connectivity index (χ4n) is 2.59. The van der Waals surface area contributed by atoms with Crippen LogP contribution in [-0.2, 0) is 6.54 Å². The average Bonchev–Trinajstić information content (AvgIpc) is 3.11. The Kier molecular flexibility index (Phi) is 5.68. The molecule has 3 rings (SSSR count). The third-order valence-corrected chi connectivity index (χ3v) is 4.78. The van der Waals surface area contributed by atoms with Crippen LogP contribution >= 0.6 is 11.3 Å². The number of aryl methyl sites for hydroxylation is 1. The molecule has 0 bridgehead atoms. The Morgan fingerprint density at radius 3 is 2.69 bits per heavy atom. The third-order valence-electron chi connectivity index (χ3n) is 3.87. The van der Waals surface area contributed by atoms with E-state index >= 15 is 0 Å². The molecule has 0 saturated heterocycles. The van der Waals surface area contributed by atoms with Crippen LogP contribution in [0.3, 0.4) is 0 Å². The largest absolute Gasteiger partial charge is 0.475 e. The van der Waals surface area contributed by atoms with Crippen LogP contribution in [0.4, 0.5) is 0 Å². The van der Waals surface area contributed by atoms with Crippen LogP contribution < -0.4 is 10.1 Å². The van der Waals surface area contributed by atoms with E-state index in [1.807, 2.05) is 49.6 Å². The number of nitrogens with zero attached hydrogens (tertiary/aromatic N) is 1. The Bertz CT molecular complexity index is 885. The second-order valence-electron chi connectivity index (χ2n) is 6.35. The van der Waals surface area contributed by atoms with Crippen molar-refractivity contribution in [2.45, 2.75) is 33.4 Å². The summed E-state index contributed by atoms with van der Waals surface area (Å²) in [5.74, 6) is 0.475. The van der Waals surface area contributed by atoms with Crippen molar-refractivity contribution >= 4 is 17.2 Å². The van der Waals surface area contributed by atoms with Gasteiger partial charge in [0.25, 0.3) is 5.91 Å². The smallest absolute Gasteiger partial charge is 0.262 e. The molecule has 0 radical (unpaired) electrons. The van der Waals surface area contributed by atoms with Crippen molar-refractivity contribution in [1.82, 2.24) is 10.3 Å². The van der Waals surface area contributed by atoms with E-state index in [-0.39, 0.29) is 12.0 Å². The molecule has 2 aromatic heterocycles. The van der Waals surface area contributed by atoms with Gasteiger partial charge < -0.3 is 10.1 Å². The number of amides is 1. The molecule has 134 valence electrons. The molecular weight excluding hydrogens is 344 g/mol. The van der Waals surface area contributed by atoms with Crippen LogP contribution in [0.2, 0.25) is 0 Å². The van der Waals surface area contributed by atoms with Crippen molar-refractivity contribution in [3.8, 4) is 17.0 Å². The number of carbonyl (C=O) groups is 1. The number of rotatable bonds is 6. The van der Waals surface area contributed by atoms with E-state index in [2.05, 4.69) is 29.4 Å². The minimum absolute atomic E-state index is 0.0322. The minimum atomic E-state index is -0.0880. The lowest BCUT2D eigenvalue weighted by Gasteiger charge is -2.13. The number of hydrogen-bond donors (Lipinski definition) is 1. The molecule has 0 aliphatic rings. The van der Waals surface area contributed by atoms with Crippen molar-refractivity contribution in [2.75, 3.05) is 0 Å². The molecular formula is C21H22N2O2S. The lowest BCUT2D eigenvalue weighted by molar-refractivity contribution is 0.0955. The van der Waals surface area contributed by atoms with Crippen LogP contribution in [0, 0.1) is 6.92 Å². The van der Waals surface area contributed by atoms with E-state index in [4.69, 9.17) is 4.74 Å². The Balaban J connectivity index is 1.74. The summed E-state index contributed by atoms with van der Waals surface area (Å²) in [7, 11) is 0. The first-order valence-corrected chi connectivity index (χ1v) is 9.46. The molecule has 1 aromatic carbocycles. The Hall–Kier alpha value is -2.66. The fraction of sp³-hybridized carbons (Fsp3) is 0.238. The molecule has 2 heterocycles. The number of nitrogens with one attached hydrogen (secondary N) is 1. The zero-order valence-electron chi connectivity index (χ0n) is 15.2. The zero-order valence-corrected chi connectivity index (χ0v) is 16.0. The van der Waals surface area contributed by atoms with Gasteiger partial charge in [0.2, 0.25) is 5.88 Å². The Labute approximate surface area is 157 Å². The number of carbonyl (C=O) groups excluding carboxylic acids is 1. The number of ether oxygens (including phenoxy) is 1. The van der Waals surface area contributed by atoms with Gasteiger partial charge in [0, 0.05) is 23.9 Å². The molecule has 1 N–H and O–H groups in total. The van der Waals surface area contributed by atoms with Crippen LogP contribution in [0.25, 0.3) is 11.1 Å². The van der Waals surface area contributed by atoms with Crippen molar-refractivity contribution in [3.63, 3.8) is 0 Å². The standard InChI is InChI=1S/C21H22N2O2S/c1-14(2)25-21-17(5-4-11-22-21)13-23-20(24)19-18(10-12-26-19)16-8-6-15(3)7-9-16/h4-12,14H,13H2,1-3H3,(H,23,24). The zero-order chi connectivity index (χ0) is 18.5. The summed E-state index contributed by atoms with van der Waals surface area (Å²) in [4.78, 5) is 17.7. The number of aromatic nitrogens is 1. The van der Waals surface area contributed by atoms with Gasteiger partial charge in [-0.25, -0.2) is 4.98 Å². The molecule has 3 aromatic rings. The monoisotopic (exact) mass is 366 g/mol. The first-order chi connectivity index (χ1) is 12.5. The molecule has 5 heteroatoms. The molecule has 1 amide bonds. The molecule has 4 nitrogen and oxygen atoms in total. The number of pyridine rings is 1. The molecule has 0 aliphatic carbocycles. The normalized spacial score (nSPS) is 10.8. The highest BCUT2D eigenvalue weighted by Gasteiger charge is 2.15. The van der Waals surface area contributed by atoms with Gasteiger partial charge in [0.15, 0.2) is 0 Å². The highest BCUT2D eigenvalue weighted by Crippen LogP contribution is 2.28. The maximum absolute atomic E-state index is 12.7. The topological polar surface area (TPSA) is 51.2 Å². The number of benzene rings is 1. The number of hydrogen-bond acceptors (Lipinski definition) is 4. The first kappa shape index (κ1) is 18.1. The van der Waals surface area contributed by atoms with Gasteiger partial charge in [0.1, 0.15) is 0 Å². The molecule has 0 fully saturated rings. The summed E-state index contributed by atoms with van der Waals surface area (Å²) in [5.41, 5.74) is 4.07.